The van der Waals surface area contributed by atoms with Crippen LogP contribution >= 0.6 is 0 Å². The lowest BCUT2D eigenvalue weighted by Crippen LogP contribution is -2.66. The molecule has 8 N–H and O–H groups in total. The maximum Gasteiger partial charge on any atom is 0.230 e. The number of phenols is 1. The van der Waals surface area contributed by atoms with Crippen LogP contribution in [0.5, 0.6) is 5.75 Å². The molecule has 36 heavy (non-hydrogen) atoms. The van der Waals surface area contributed by atoms with Gasteiger partial charge in [-0.3, -0.25) is 14.4 Å². The van der Waals surface area contributed by atoms with Crippen molar-refractivity contribution in [3.8, 4) is 5.75 Å². The topological polar surface area (TPSA) is 194 Å². The molecular formula is C25H33N3O8. The summed E-state index contributed by atoms with van der Waals surface area (Å²) in [6.07, 6.45) is -1.44. The van der Waals surface area contributed by atoms with Crippen molar-refractivity contribution in [1.29, 1.82) is 0 Å². The van der Waals surface area contributed by atoms with Gasteiger partial charge in [0, 0.05) is 37.8 Å². The number of benzene rings is 1. The van der Waals surface area contributed by atoms with Gasteiger partial charge in [-0.25, -0.2) is 0 Å². The summed E-state index contributed by atoms with van der Waals surface area (Å²) < 4.78 is 0. The van der Waals surface area contributed by atoms with Gasteiger partial charge in [-0.1, -0.05) is 6.92 Å². The highest BCUT2D eigenvalue weighted by atomic mass is 16.3. The predicted molar refractivity (Wildman–Crippen MR) is 130 cm³/mol. The number of aliphatic hydroxyl groups is 4. The van der Waals surface area contributed by atoms with Crippen LogP contribution < -0.4 is 16.0 Å². The molecule has 1 aromatic rings. The number of carbonyl (C=O) groups excluding carboxylic acids is 3. The van der Waals surface area contributed by atoms with E-state index in [1.165, 1.54) is 0 Å². The van der Waals surface area contributed by atoms with Gasteiger partial charge >= 0.3 is 0 Å². The third-order valence-electron chi connectivity index (χ3n) is 7.84. The number of aromatic hydroxyl groups is 1. The number of nitrogens with one attached hydrogen (secondary N) is 1. The summed E-state index contributed by atoms with van der Waals surface area (Å²) in [6.45, 7) is 1.95. The second-order valence-corrected chi connectivity index (χ2v) is 10.2. The number of carbonyl (C=O) groups is 3. The number of aliphatic hydroxyl groups excluding tert-OH is 3. The average Bonchev–Trinajstić information content (AvgIpc) is 2.80. The van der Waals surface area contributed by atoms with E-state index in [1.54, 1.807) is 25.1 Å². The molecule has 0 saturated heterocycles. The average molecular weight is 504 g/mol. The van der Waals surface area contributed by atoms with Gasteiger partial charge in [0.25, 0.3) is 0 Å². The first-order chi connectivity index (χ1) is 16.8. The lowest BCUT2D eigenvalue weighted by atomic mass is 9.56. The Labute approximate surface area is 208 Å². The summed E-state index contributed by atoms with van der Waals surface area (Å²) in [5.41, 5.74) is 3.96. The van der Waals surface area contributed by atoms with Crippen molar-refractivity contribution in [3.63, 3.8) is 0 Å². The minimum atomic E-state index is -2.61. The number of fused-ring (bicyclic) bond motifs is 3. The highest BCUT2D eigenvalue weighted by molar-refractivity contribution is 6.24. The van der Waals surface area contributed by atoms with E-state index in [0.29, 0.717) is 17.7 Å². The van der Waals surface area contributed by atoms with Crippen molar-refractivity contribution in [2.45, 2.75) is 50.4 Å². The van der Waals surface area contributed by atoms with Crippen LogP contribution in [0.25, 0.3) is 5.76 Å². The molecule has 3 aliphatic rings. The number of Topliss-reactive ketones (excluding diaryl/α,β-unsaturated/α-hetero) is 2. The van der Waals surface area contributed by atoms with Gasteiger partial charge < -0.3 is 41.5 Å². The van der Waals surface area contributed by atoms with E-state index in [4.69, 9.17) is 5.73 Å². The van der Waals surface area contributed by atoms with Crippen molar-refractivity contribution >= 4 is 34.6 Å². The van der Waals surface area contributed by atoms with Crippen LogP contribution in [-0.2, 0) is 20.8 Å². The van der Waals surface area contributed by atoms with Crippen LogP contribution in [0.2, 0.25) is 0 Å². The molecule has 4 rings (SSSR count). The molecule has 0 radical (unpaired) electrons. The molecule has 6 atom stereocenters. The number of amides is 1. The Morgan fingerprint density at radius 3 is 2.53 bits per heavy atom. The van der Waals surface area contributed by atoms with Crippen molar-refractivity contribution in [1.82, 2.24) is 0 Å². The Balaban J connectivity index is 1.86. The summed E-state index contributed by atoms with van der Waals surface area (Å²) >= 11 is 0. The van der Waals surface area contributed by atoms with Crippen LogP contribution in [0.15, 0.2) is 11.6 Å². The minimum Gasteiger partial charge on any atom is -0.507 e. The van der Waals surface area contributed by atoms with E-state index in [2.05, 4.69) is 5.32 Å². The quantitative estimate of drug-likeness (QED) is 0.202. The zero-order valence-electron chi connectivity index (χ0n) is 20.5. The minimum absolute atomic E-state index is 0.00563. The van der Waals surface area contributed by atoms with Crippen LogP contribution in [0.3, 0.4) is 0 Å². The molecule has 0 heterocycles. The number of rotatable bonds is 6. The summed E-state index contributed by atoms with van der Waals surface area (Å²) in [5.74, 6) is -7.51. The molecular weight excluding hydrogens is 470 g/mol. The van der Waals surface area contributed by atoms with Crippen LogP contribution in [-0.4, -0.2) is 81.5 Å². The first-order valence-electron chi connectivity index (χ1n) is 12.0. The van der Waals surface area contributed by atoms with Gasteiger partial charge in [0.2, 0.25) is 11.7 Å². The molecule has 2 saturated carbocycles. The Morgan fingerprint density at radius 2 is 1.94 bits per heavy atom. The number of nitrogens with zero attached hydrogens (tertiary/aromatic N) is 1. The van der Waals surface area contributed by atoms with E-state index in [0.717, 1.165) is 0 Å². The molecule has 11 heteroatoms. The van der Waals surface area contributed by atoms with E-state index < -0.39 is 58.8 Å². The first kappa shape index (κ1) is 25.9. The lowest BCUT2D eigenvalue weighted by molar-refractivity contribution is -0.174. The summed E-state index contributed by atoms with van der Waals surface area (Å²) in [5, 5.41) is 57.0. The normalized spacial score (nSPS) is 30.3. The van der Waals surface area contributed by atoms with E-state index in [1.807, 2.05) is 6.92 Å². The molecule has 0 spiro atoms. The van der Waals surface area contributed by atoms with E-state index in [9.17, 15) is 39.9 Å². The number of primary amides is 1. The summed E-state index contributed by atoms with van der Waals surface area (Å²) in [7, 11) is 3.58. The molecule has 0 aliphatic heterocycles. The van der Waals surface area contributed by atoms with E-state index in [-0.39, 0.29) is 48.4 Å². The highest BCUT2D eigenvalue weighted by Crippen LogP contribution is 2.53. The predicted octanol–water partition coefficient (Wildman–Crippen LogP) is -0.162. The van der Waals surface area contributed by atoms with Gasteiger partial charge in [0.1, 0.15) is 17.4 Å². The Morgan fingerprint density at radius 1 is 1.28 bits per heavy atom. The fourth-order valence-electron chi connectivity index (χ4n) is 5.88. The van der Waals surface area contributed by atoms with Crippen molar-refractivity contribution < 1.29 is 39.9 Å². The molecule has 0 bridgehead atoms. The van der Waals surface area contributed by atoms with Gasteiger partial charge in [-0.2, -0.15) is 0 Å². The number of phenolic OH excluding ortho intramolecular Hbond substituents is 1. The molecule has 3 aliphatic carbocycles. The summed E-state index contributed by atoms with van der Waals surface area (Å²) in [4.78, 5) is 40.3. The first-order valence-corrected chi connectivity index (χ1v) is 12.0. The smallest absolute Gasteiger partial charge is 0.230 e. The fourth-order valence-corrected chi connectivity index (χ4v) is 5.88. The molecule has 3 unspecified atom stereocenters. The van der Waals surface area contributed by atoms with Gasteiger partial charge in [-0.15, -0.1) is 0 Å². The number of hydrogen-bond donors (Lipinski definition) is 7. The third-order valence-corrected chi connectivity index (χ3v) is 7.84. The van der Waals surface area contributed by atoms with Crippen LogP contribution in [0.4, 0.5) is 11.4 Å². The zero-order chi connectivity index (χ0) is 26.7. The number of nitrogens with two attached hydrogens (primary N) is 1. The van der Waals surface area contributed by atoms with Gasteiger partial charge in [0.05, 0.1) is 23.5 Å². The molecule has 11 nitrogen and oxygen atoms in total. The molecule has 0 aromatic heterocycles. The lowest BCUT2D eigenvalue weighted by Gasteiger charge is -2.48. The second-order valence-electron chi connectivity index (χ2n) is 10.2. The maximum atomic E-state index is 13.6. The third kappa shape index (κ3) is 3.73. The van der Waals surface area contributed by atoms with E-state index >= 15 is 0 Å². The Bertz CT molecular complexity index is 1160. The number of ketones is 2. The highest BCUT2D eigenvalue weighted by Gasteiger charge is 2.64. The SMILES string of the molecule is CCC(O)CNc1cc(N(C)C)c2c(c1O)C(O)=C1C(=O)[C@]3(O)C(=O)C(C(N)=O)C(O)C[C@@H]3C[C@@H]1C2. The largest absolute Gasteiger partial charge is 0.507 e. The molecule has 2 fully saturated rings. The monoisotopic (exact) mass is 503 g/mol. The fraction of sp³-hybridized carbons (Fsp3) is 0.560. The van der Waals surface area contributed by atoms with Crippen LogP contribution in [0, 0.1) is 17.8 Å². The van der Waals surface area contributed by atoms with Gasteiger partial charge in [-0.05, 0) is 43.2 Å². The standard InChI is InChI=1S/C25H33N3O8/c1-4-12(29)9-27-14-8-15(28(2)3)13-6-10-5-11-7-16(30)19(24(26)35)23(34)25(11,36)22(33)17(10)21(32)18(13)20(14)31/h8,10-12,16,19,27,29-32,36H,4-7,9H2,1-3H3,(H2,26,35)/t10-,11+,12?,16?,19?,25+/m1/s1. The second kappa shape index (κ2) is 9.06. The molecule has 1 aromatic carbocycles. The maximum absolute atomic E-state index is 13.6. The Kier molecular flexibility index (Phi) is 6.52. The number of anilines is 2. The van der Waals surface area contributed by atoms with Gasteiger partial charge in [0.15, 0.2) is 11.4 Å². The zero-order valence-corrected chi connectivity index (χ0v) is 20.5. The molecule has 1 amide bonds. The molecule has 196 valence electrons. The number of hydrogen-bond acceptors (Lipinski definition) is 10. The van der Waals surface area contributed by atoms with Crippen molar-refractivity contribution in [2.24, 2.45) is 23.5 Å². The Hall–Kier alpha value is -3.15. The van der Waals surface area contributed by atoms with Crippen molar-refractivity contribution in [2.75, 3.05) is 30.9 Å². The van der Waals surface area contributed by atoms with Crippen molar-refractivity contribution in [3.05, 3.63) is 22.8 Å². The summed E-state index contributed by atoms with van der Waals surface area (Å²) in [6, 6.07) is 1.70. The van der Waals surface area contributed by atoms with Crippen LogP contribution in [0.1, 0.15) is 37.3 Å².